The van der Waals surface area contributed by atoms with Crippen LogP contribution < -0.4 is 5.73 Å². The maximum Gasteiger partial charge on any atom is 0.0551 e. The third-order valence-corrected chi connectivity index (χ3v) is 3.82. The van der Waals surface area contributed by atoms with E-state index < -0.39 is 0 Å². The molecule has 2 aromatic rings. The Kier molecular flexibility index (Phi) is 4.10. The fourth-order valence-corrected chi connectivity index (χ4v) is 2.60. The van der Waals surface area contributed by atoms with Crippen LogP contribution >= 0.6 is 11.8 Å². The molecule has 94 valence electrons. The number of rotatable bonds is 3. The van der Waals surface area contributed by atoms with Crippen LogP contribution in [-0.2, 0) is 0 Å². The van der Waals surface area contributed by atoms with Crippen LogP contribution in [0.1, 0.15) is 28.3 Å². The van der Waals surface area contributed by atoms with E-state index in [0.29, 0.717) is 0 Å². The van der Waals surface area contributed by atoms with Gasteiger partial charge in [0.05, 0.1) is 6.04 Å². The van der Waals surface area contributed by atoms with Gasteiger partial charge in [-0.25, -0.2) is 0 Å². The van der Waals surface area contributed by atoms with Crippen molar-refractivity contribution >= 4 is 11.8 Å². The number of nitrogens with two attached hydrogens (primary N) is 1. The van der Waals surface area contributed by atoms with Crippen LogP contribution in [0.5, 0.6) is 0 Å². The molecular weight excluding hydrogens is 238 g/mol. The number of benzene rings is 2. The first-order chi connectivity index (χ1) is 8.60. The fourth-order valence-electron chi connectivity index (χ4n) is 2.19. The van der Waals surface area contributed by atoms with E-state index in [-0.39, 0.29) is 6.04 Å². The molecule has 1 unspecified atom stereocenters. The monoisotopic (exact) mass is 257 g/mol. The predicted octanol–water partition coefficient (Wildman–Crippen LogP) is 4.07. The van der Waals surface area contributed by atoms with Gasteiger partial charge in [-0.1, -0.05) is 41.5 Å². The molecule has 2 N–H and O–H groups in total. The van der Waals surface area contributed by atoms with Gasteiger partial charge in [-0.2, -0.15) is 0 Å². The SMILES string of the molecule is CSc1ccc(C(N)c2cc(C)cc(C)c2)cc1. The maximum atomic E-state index is 6.34. The van der Waals surface area contributed by atoms with E-state index in [2.05, 4.69) is 62.6 Å². The Balaban J connectivity index is 2.31. The van der Waals surface area contributed by atoms with Crippen molar-refractivity contribution in [3.8, 4) is 0 Å². The van der Waals surface area contributed by atoms with Crippen molar-refractivity contribution in [2.75, 3.05) is 6.26 Å². The van der Waals surface area contributed by atoms with Gasteiger partial charge in [-0.15, -0.1) is 11.8 Å². The Morgan fingerprint density at radius 3 is 1.94 bits per heavy atom. The molecule has 0 bridgehead atoms. The minimum absolute atomic E-state index is 0.0421. The van der Waals surface area contributed by atoms with Crippen molar-refractivity contribution in [2.24, 2.45) is 5.73 Å². The lowest BCUT2D eigenvalue weighted by Gasteiger charge is -2.14. The third kappa shape index (κ3) is 2.95. The standard InChI is InChI=1S/C16H19NS/c1-11-8-12(2)10-14(9-11)16(17)13-4-6-15(18-3)7-5-13/h4-10,16H,17H2,1-3H3. The Morgan fingerprint density at radius 1 is 0.889 bits per heavy atom. The van der Waals surface area contributed by atoms with Gasteiger partial charge in [0.2, 0.25) is 0 Å². The lowest BCUT2D eigenvalue weighted by atomic mass is 9.96. The molecule has 1 nitrogen and oxygen atoms in total. The lowest BCUT2D eigenvalue weighted by molar-refractivity contribution is 0.866. The minimum Gasteiger partial charge on any atom is -0.320 e. The van der Waals surface area contributed by atoms with E-state index in [1.807, 2.05) is 0 Å². The highest BCUT2D eigenvalue weighted by Gasteiger charge is 2.09. The molecule has 2 aromatic carbocycles. The molecule has 0 spiro atoms. The summed E-state index contributed by atoms with van der Waals surface area (Å²) in [5, 5.41) is 0. The zero-order valence-electron chi connectivity index (χ0n) is 11.1. The summed E-state index contributed by atoms with van der Waals surface area (Å²) in [5.41, 5.74) is 11.2. The summed E-state index contributed by atoms with van der Waals surface area (Å²) in [4.78, 5) is 1.27. The highest BCUT2D eigenvalue weighted by Crippen LogP contribution is 2.24. The molecule has 2 rings (SSSR count). The second-order valence-electron chi connectivity index (χ2n) is 4.67. The first kappa shape index (κ1) is 13.2. The summed E-state index contributed by atoms with van der Waals surface area (Å²) in [6.07, 6.45) is 2.08. The van der Waals surface area contributed by atoms with Crippen molar-refractivity contribution in [2.45, 2.75) is 24.8 Å². The molecule has 0 heterocycles. The van der Waals surface area contributed by atoms with Crippen molar-refractivity contribution in [1.82, 2.24) is 0 Å². The summed E-state index contributed by atoms with van der Waals surface area (Å²) >= 11 is 1.75. The molecule has 1 atom stereocenters. The summed E-state index contributed by atoms with van der Waals surface area (Å²) in [5.74, 6) is 0. The van der Waals surface area contributed by atoms with E-state index in [1.54, 1.807) is 11.8 Å². The zero-order valence-corrected chi connectivity index (χ0v) is 11.9. The highest BCUT2D eigenvalue weighted by molar-refractivity contribution is 7.98. The quantitative estimate of drug-likeness (QED) is 0.839. The van der Waals surface area contributed by atoms with Crippen molar-refractivity contribution < 1.29 is 0 Å². The molecule has 0 amide bonds. The van der Waals surface area contributed by atoms with E-state index in [9.17, 15) is 0 Å². The van der Waals surface area contributed by atoms with Gasteiger partial charge < -0.3 is 5.73 Å². The number of hydrogen-bond donors (Lipinski definition) is 1. The summed E-state index contributed by atoms with van der Waals surface area (Å²) in [6, 6.07) is 15.0. The van der Waals surface area contributed by atoms with Crippen LogP contribution in [0.2, 0.25) is 0 Å². The van der Waals surface area contributed by atoms with Gasteiger partial charge in [0.15, 0.2) is 0 Å². The predicted molar refractivity (Wildman–Crippen MR) is 80.2 cm³/mol. The van der Waals surface area contributed by atoms with E-state index in [4.69, 9.17) is 5.73 Å². The van der Waals surface area contributed by atoms with Gasteiger partial charge >= 0.3 is 0 Å². The molecular formula is C16H19NS. The summed E-state index contributed by atoms with van der Waals surface area (Å²) in [7, 11) is 0. The molecule has 0 radical (unpaired) electrons. The van der Waals surface area contributed by atoms with Crippen molar-refractivity contribution in [1.29, 1.82) is 0 Å². The maximum absolute atomic E-state index is 6.34. The average Bonchev–Trinajstić information content (AvgIpc) is 2.37. The first-order valence-electron chi connectivity index (χ1n) is 6.08. The van der Waals surface area contributed by atoms with Gasteiger partial charge in [-0.3, -0.25) is 0 Å². The molecule has 0 aromatic heterocycles. The molecule has 18 heavy (non-hydrogen) atoms. The average molecular weight is 257 g/mol. The topological polar surface area (TPSA) is 26.0 Å². The molecule has 0 saturated carbocycles. The second-order valence-corrected chi connectivity index (χ2v) is 5.55. The Labute approximate surface area is 113 Å². The molecule has 0 aliphatic heterocycles. The molecule has 2 heteroatoms. The van der Waals surface area contributed by atoms with Gasteiger partial charge in [0.25, 0.3) is 0 Å². The molecule has 0 fully saturated rings. The van der Waals surface area contributed by atoms with Crippen LogP contribution in [0.3, 0.4) is 0 Å². The number of thioether (sulfide) groups is 1. The highest BCUT2D eigenvalue weighted by atomic mass is 32.2. The van der Waals surface area contributed by atoms with Gasteiger partial charge in [0, 0.05) is 4.90 Å². The Morgan fingerprint density at radius 2 is 1.44 bits per heavy atom. The van der Waals surface area contributed by atoms with E-state index in [1.165, 1.54) is 21.6 Å². The number of aryl methyl sites for hydroxylation is 2. The van der Waals surface area contributed by atoms with Crippen LogP contribution in [0.25, 0.3) is 0 Å². The normalized spacial score (nSPS) is 12.4. The van der Waals surface area contributed by atoms with Crippen LogP contribution in [0.4, 0.5) is 0 Å². The van der Waals surface area contributed by atoms with Gasteiger partial charge in [0.1, 0.15) is 0 Å². The molecule has 0 saturated heterocycles. The lowest BCUT2D eigenvalue weighted by Crippen LogP contribution is -2.12. The largest absolute Gasteiger partial charge is 0.320 e. The smallest absolute Gasteiger partial charge is 0.0551 e. The van der Waals surface area contributed by atoms with Crippen LogP contribution in [0, 0.1) is 13.8 Å². The second kappa shape index (κ2) is 5.59. The third-order valence-electron chi connectivity index (χ3n) is 3.08. The molecule has 0 aliphatic rings. The molecule has 0 aliphatic carbocycles. The summed E-state index contributed by atoms with van der Waals surface area (Å²) in [6.45, 7) is 4.22. The van der Waals surface area contributed by atoms with Crippen molar-refractivity contribution in [3.63, 3.8) is 0 Å². The number of hydrogen-bond acceptors (Lipinski definition) is 2. The van der Waals surface area contributed by atoms with Crippen molar-refractivity contribution in [3.05, 3.63) is 64.7 Å². The minimum atomic E-state index is -0.0421. The van der Waals surface area contributed by atoms with E-state index >= 15 is 0 Å². The first-order valence-corrected chi connectivity index (χ1v) is 7.30. The fraction of sp³-hybridized carbons (Fsp3) is 0.250. The zero-order chi connectivity index (χ0) is 13.1. The van der Waals surface area contributed by atoms with Crippen LogP contribution in [-0.4, -0.2) is 6.26 Å². The van der Waals surface area contributed by atoms with Crippen LogP contribution in [0.15, 0.2) is 47.4 Å². The van der Waals surface area contributed by atoms with Gasteiger partial charge in [-0.05, 0) is 43.4 Å². The summed E-state index contributed by atoms with van der Waals surface area (Å²) < 4.78 is 0. The Hall–Kier alpha value is -1.25. The Bertz CT molecular complexity index is 511. The van der Waals surface area contributed by atoms with E-state index in [0.717, 1.165) is 5.56 Å².